The highest BCUT2D eigenvalue weighted by atomic mass is 35.5. The number of halogens is 2. The maximum absolute atomic E-state index is 6.26. The third-order valence-corrected chi connectivity index (χ3v) is 5.67. The molecule has 1 aromatic heterocycles. The van der Waals surface area contributed by atoms with Gasteiger partial charge in [-0.3, -0.25) is 4.90 Å². The average molecular weight is 343 g/mol. The summed E-state index contributed by atoms with van der Waals surface area (Å²) in [5, 5.41) is 3.24. The second-order valence-electron chi connectivity index (χ2n) is 5.21. The SMILES string of the molecule is CC(c1cccs1)N(C)CCC(N)c1cccc(Cl)c1Cl. The lowest BCUT2D eigenvalue weighted by Crippen LogP contribution is -2.26. The van der Waals surface area contributed by atoms with E-state index < -0.39 is 0 Å². The van der Waals surface area contributed by atoms with E-state index in [1.165, 1.54) is 4.88 Å². The molecule has 5 heteroatoms. The zero-order valence-corrected chi connectivity index (χ0v) is 14.6. The van der Waals surface area contributed by atoms with Crippen molar-refractivity contribution in [3.63, 3.8) is 0 Å². The van der Waals surface area contributed by atoms with Crippen molar-refractivity contribution in [3.8, 4) is 0 Å². The lowest BCUT2D eigenvalue weighted by molar-refractivity contribution is 0.254. The van der Waals surface area contributed by atoms with Crippen molar-refractivity contribution >= 4 is 34.5 Å². The summed E-state index contributed by atoms with van der Waals surface area (Å²) in [6.07, 6.45) is 0.840. The number of hydrogen-bond acceptors (Lipinski definition) is 3. The van der Waals surface area contributed by atoms with Crippen LogP contribution in [0.3, 0.4) is 0 Å². The van der Waals surface area contributed by atoms with Gasteiger partial charge < -0.3 is 5.73 Å². The van der Waals surface area contributed by atoms with Crippen molar-refractivity contribution in [1.29, 1.82) is 0 Å². The highest BCUT2D eigenvalue weighted by molar-refractivity contribution is 7.10. The van der Waals surface area contributed by atoms with Gasteiger partial charge in [0.05, 0.1) is 10.0 Å². The maximum Gasteiger partial charge on any atom is 0.0640 e. The molecule has 2 atom stereocenters. The van der Waals surface area contributed by atoms with Gasteiger partial charge in [0.25, 0.3) is 0 Å². The van der Waals surface area contributed by atoms with E-state index in [1.807, 2.05) is 12.1 Å². The number of benzene rings is 1. The van der Waals surface area contributed by atoms with Crippen molar-refractivity contribution < 1.29 is 0 Å². The standard InChI is InChI=1S/C16H20Cl2N2S/c1-11(15-7-4-10-21-15)20(2)9-8-14(19)12-5-3-6-13(17)16(12)18/h3-7,10-11,14H,8-9,19H2,1-2H3. The van der Waals surface area contributed by atoms with Crippen molar-refractivity contribution in [2.75, 3.05) is 13.6 Å². The van der Waals surface area contributed by atoms with Gasteiger partial charge in [-0.05, 0) is 43.5 Å². The fourth-order valence-corrected chi connectivity index (χ4v) is 3.54. The van der Waals surface area contributed by atoms with Gasteiger partial charge in [-0.2, -0.15) is 0 Å². The molecule has 0 saturated carbocycles. The molecule has 114 valence electrons. The summed E-state index contributed by atoms with van der Waals surface area (Å²) < 4.78 is 0. The molecule has 0 saturated heterocycles. The van der Waals surface area contributed by atoms with Crippen molar-refractivity contribution in [2.24, 2.45) is 5.73 Å². The van der Waals surface area contributed by atoms with Gasteiger partial charge in [-0.1, -0.05) is 41.4 Å². The third-order valence-electron chi connectivity index (χ3n) is 3.79. The molecule has 0 radical (unpaired) electrons. The largest absolute Gasteiger partial charge is 0.324 e. The summed E-state index contributed by atoms with van der Waals surface area (Å²) >= 11 is 14.0. The molecule has 2 unspecified atom stereocenters. The summed E-state index contributed by atoms with van der Waals surface area (Å²) in [6.45, 7) is 3.12. The van der Waals surface area contributed by atoms with Crippen LogP contribution >= 0.6 is 34.5 Å². The Morgan fingerprint density at radius 3 is 2.67 bits per heavy atom. The number of rotatable bonds is 6. The van der Waals surface area contributed by atoms with E-state index >= 15 is 0 Å². The molecule has 21 heavy (non-hydrogen) atoms. The smallest absolute Gasteiger partial charge is 0.0640 e. The summed E-state index contributed by atoms with van der Waals surface area (Å²) in [6, 6.07) is 10.2. The normalized spacial score (nSPS) is 14.4. The van der Waals surface area contributed by atoms with Crippen LogP contribution in [-0.4, -0.2) is 18.5 Å². The number of thiophene rings is 1. The van der Waals surface area contributed by atoms with E-state index in [2.05, 4.69) is 36.4 Å². The van der Waals surface area contributed by atoms with Gasteiger partial charge in [0.15, 0.2) is 0 Å². The lowest BCUT2D eigenvalue weighted by atomic mass is 10.0. The molecule has 0 aliphatic heterocycles. The Morgan fingerprint density at radius 2 is 2.00 bits per heavy atom. The Morgan fingerprint density at radius 1 is 1.24 bits per heavy atom. The maximum atomic E-state index is 6.26. The molecule has 1 aromatic carbocycles. The Hall–Kier alpha value is -0.580. The zero-order chi connectivity index (χ0) is 15.4. The van der Waals surface area contributed by atoms with Crippen LogP contribution in [0.15, 0.2) is 35.7 Å². The average Bonchev–Trinajstić information content (AvgIpc) is 3.00. The zero-order valence-electron chi connectivity index (χ0n) is 12.2. The molecule has 2 aromatic rings. The lowest BCUT2D eigenvalue weighted by Gasteiger charge is -2.25. The van der Waals surface area contributed by atoms with E-state index in [4.69, 9.17) is 28.9 Å². The molecule has 0 spiro atoms. The first-order valence-corrected chi connectivity index (χ1v) is 8.57. The summed E-state index contributed by atoms with van der Waals surface area (Å²) in [7, 11) is 2.12. The summed E-state index contributed by atoms with van der Waals surface area (Å²) in [5.74, 6) is 0. The summed E-state index contributed by atoms with van der Waals surface area (Å²) in [5.41, 5.74) is 7.18. The highest BCUT2D eigenvalue weighted by Crippen LogP contribution is 2.31. The first-order valence-electron chi connectivity index (χ1n) is 6.94. The quantitative estimate of drug-likeness (QED) is 0.787. The molecule has 0 aliphatic carbocycles. The Bertz CT molecular complexity index is 572. The molecule has 0 aliphatic rings. The first-order chi connectivity index (χ1) is 10.0. The third kappa shape index (κ3) is 4.21. The van der Waals surface area contributed by atoms with Gasteiger partial charge in [0.2, 0.25) is 0 Å². The predicted molar refractivity (Wildman–Crippen MR) is 93.4 cm³/mol. The second kappa shape index (κ2) is 7.61. The van der Waals surface area contributed by atoms with E-state index in [0.29, 0.717) is 16.1 Å². The van der Waals surface area contributed by atoms with Gasteiger partial charge in [0.1, 0.15) is 0 Å². The van der Waals surface area contributed by atoms with Crippen molar-refractivity contribution in [2.45, 2.75) is 25.4 Å². The fraction of sp³-hybridized carbons (Fsp3) is 0.375. The van der Waals surface area contributed by atoms with Crippen LogP contribution in [0.1, 0.15) is 35.9 Å². The van der Waals surface area contributed by atoms with Crippen LogP contribution in [0.4, 0.5) is 0 Å². The fourth-order valence-electron chi connectivity index (χ4n) is 2.24. The molecule has 0 fully saturated rings. The monoisotopic (exact) mass is 342 g/mol. The minimum atomic E-state index is -0.103. The minimum Gasteiger partial charge on any atom is -0.324 e. The first kappa shape index (κ1) is 16.8. The van der Waals surface area contributed by atoms with Gasteiger partial charge in [-0.25, -0.2) is 0 Å². The Labute approximate surface area is 140 Å². The van der Waals surface area contributed by atoms with Crippen LogP contribution in [0.5, 0.6) is 0 Å². The predicted octanol–water partition coefficient (Wildman–Crippen LogP) is 5.14. The number of nitrogens with zero attached hydrogens (tertiary/aromatic N) is 1. The summed E-state index contributed by atoms with van der Waals surface area (Å²) in [4.78, 5) is 3.68. The highest BCUT2D eigenvalue weighted by Gasteiger charge is 2.16. The molecular weight excluding hydrogens is 323 g/mol. The molecule has 0 bridgehead atoms. The van der Waals surface area contributed by atoms with E-state index in [0.717, 1.165) is 18.5 Å². The molecule has 2 rings (SSSR count). The van der Waals surface area contributed by atoms with Crippen LogP contribution in [0, 0.1) is 0 Å². The van der Waals surface area contributed by atoms with E-state index in [9.17, 15) is 0 Å². The number of hydrogen-bond donors (Lipinski definition) is 1. The van der Waals surface area contributed by atoms with E-state index in [-0.39, 0.29) is 6.04 Å². The van der Waals surface area contributed by atoms with Crippen LogP contribution in [-0.2, 0) is 0 Å². The van der Waals surface area contributed by atoms with Crippen molar-refractivity contribution in [3.05, 3.63) is 56.2 Å². The minimum absolute atomic E-state index is 0.103. The Balaban J connectivity index is 1.94. The van der Waals surface area contributed by atoms with Crippen LogP contribution in [0.25, 0.3) is 0 Å². The van der Waals surface area contributed by atoms with Crippen LogP contribution in [0.2, 0.25) is 10.0 Å². The van der Waals surface area contributed by atoms with Gasteiger partial charge >= 0.3 is 0 Å². The molecular formula is C16H20Cl2N2S. The van der Waals surface area contributed by atoms with Gasteiger partial charge in [-0.15, -0.1) is 11.3 Å². The number of nitrogens with two attached hydrogens (primary N) is 1. The second-order valence-corrected chi connectivity index (χ2v) is 6.97. The van der Waals surface area contributed by atoms with Crippen LogP contribution < -0.4 is 5.73 Å². The topological polar surface area (TPSA) is 29.3 Å². The molecule has 1 heterocycles. The Kier molecular flexibility index (Phi) is 6.08. The molecule has 2 nitrogen and oxygen atoms in total. The molecule has 0 amide bonds. The van der Waals surface area contributed by atoms with E-state index in [1.54, 1.807) is 17.4 Å². The molecule has 2 N–H and O–H groups in total. The van der Waals surface area contributed by atoms with Gasteiger partial charge in [0, 0.05) is 23.5 Å². The van der Waals surface area contributed by atoms with Crippen molar-refractivity contribution in [1.82, 2.24) is 4.90 Å².